The van der Waals surface area contributed by atoms with E-state index >= 15 is 0 Å². The number of aromatic nitrogens is 1. The minimum atomic E-state index is -4.37. The lowest BCUT2D eigenvalue weighted by Gasteiger charge is -2.13. The van der Waals surface area contributed by atoms with Gasteiger partial charge in [0.15, 0.2) is 5.11 Å². The molecule has 0 radical (unpaired) electrons. The average Bonchev–Trinajstić information content (AvgIpc) is 2.81. The Morgan fingerprint density at radius 3 is 2.64 bits per heavy atom. The van der Waals surface area contributed by atoms with Gasteiger partial charge in [0, 0.05) is 29.2 Å². The van der Waals surface area contributed by atoms with Gasteiger partial charge in [-0.2, -0.15) is 18.3 Å². The molecule has 25 heavy (non-hydrogen) atoms. The van der Waals surface area contributed by atoms with Gasteiger partial charge in [-0.15, -0.1) is 0 Å². The Bertz CT molecular complexity index is 794. The Hall–Kier alpha value is -2.35. The summed E-state index contributed by atoms with van der Waals surface area (Å²) in [4.78, 5) is 0. The SMILES string of the molecule is CCNC(=S)N/N=C\c1cc(C)n(-c2cccc(C(F)(F)F)c2)c1C. The Kier molecular flexibility index (Phi) is 5.84. The molecule has 134 valence electrons. The minimum Gasteiger partial charge on any atom is -0.362 e. The summed E-state index contributed by atoms with van der Waals surface area (Å²) in [6, 6.07) is 7.11. The van der Waals surface area contributed by atoms with Crippen LogP contribution in [0.1, 0.15) is 29.4 Å². The average molecular weight is 368 g/mol. The van der Waals surface area contributed by atoms with E-state index < -0.39 is 11.7 Å². The third-order valence-electron chi connectivity index (χ3n) is 3.61. The van der Waals surface area contributed by atoms with Gasteiger partial charge in [-0.05, 0) is 57.3 Å². The second kappa shape index (κ2) is 7.69. The van der Waals surface area contributed by atoms with Gasteiger partial charge >= 0.3 is 6.18 Å². The molecule has 2 N–H and O–H groups in total. The maximum absolute atomic E-state index is 12.9. The lowest BCUT2D eigenvalue weighted by molar-refractivity contribution is -0.137. The number of hydrogen-bond acceptors (Lipinski definition) is 2. The van der Waals surface area contributed by atoms with Crippen LogP contribution in [0.4, 0.5) is 13.2 Å². The number of benzene rings is 1. The Labute approximate surface area is 149 Å². The topological polar surface area (TPSA) is 41.4 Å². The zero-order valence-electron chi connectivity index (χ0n) is 14.1. The van der Waals surface area contributed by atoms with E-state index in [2.05, 4.69) is 15.8 Å². The summed E-state index contributed by atoms with van der Waals surface area (Å²) in [5.41, 5.74) is 4.87. The highest BCUT2D eigenvalue weighted by molar-refractivity contribution is 7.80. The van der Waals surface area contributed by atoms with Crippen molar-refractivity contribution >= 4 is 23.5 Å². The van der Waals surface area contributed by atoms with Gasteiger partial charge in [0.1, 0.15) is 0 Å². The Balaban J connectivity index is 2.31. The highest BCUT2D eigenvalue weighted by atomic mass is 32.1. The number of nitrogens with zero attached hydrogens (tertiary/aromatic N) is 2. The first-order valence-corrected chi connectivity index (χ1v) is 8.08. The third-order valence-corrected chi connectivity index (χ3v) is 3.84. The summed E-state index contributed by atoms with van der Waals surface area (Å²) in [7, 11) is 0. The normalized spacial score (nSPS) is 11.8. The van der Waals surface area contributed by atoms with Crippen molar-refractivity contribution in [3.63, 3.8) is 0 Å². The van der Waals surface area contributed by atoms with Crippen molar-refractivity contribution in [1.82, 2.24) is 15.3 Å². The molecule has 1 aromatic carbocycles. The molecule has 0 aliphatic carbocycles. The molecule has 8 heteroatoms. The molecule has 0 saturated heterocycles. The van der Waals surface area contributed by atoms with Crippen LogP contribution in [0.3, 0.4) is 0 Å². The van der Waals surface area contributed by atoms with Crippen LogP contribution >= 0.6 is 12.2 Å². The zero-order valence-corrected chi connectivity index (χ0v) is 14.9. The molecule has 0 unspecified atom stereocenters. The predicted octanol–water partition coefficient (Wildman–Crippen LogP) is 3.93. The molecule has 0 saturated carbocycles. The van der Waals surface area contributed by atoms with Crippen molar-refractivity contribution < 1.29 is 13.2 Å². The molecule has 2 rings (SSSR count). The maximum atomic E-state index is 12.9. The molecule has 0 aliphatic rings. The minimum absolute atomic E-state index is 0.408. The van der Waals surface area contributed by atoms with Crippen molar-refractivity contribution in [1.29, 1.82) is 0 Å². The fourth-order valence-corrected chi connectivity index (χ4v) is 2.69. The number of alkyl halides is 3. The first kappa shape index (κ1) is 19.0. The lowest BCUT2D eigenvalue weighted by Crippen LogP contribution is -2.31. The van der Waals surface area contributed by atoms with Gasteiger partial charge in [0.05, 0.1) is 11.8 Å². The predicted molar refractivity (Wildman–Crippen MR) is 97.2 cm³/mol. The molecular formula is C17H19F3N4S. The summed E-state index contributed by atoms with van der Waals surface area (Å²) >= 11 is 5.01. The number of aryl methyl sites for hydroxylation is 1. The molecule has 0 bridgehead atoms. The molecule has 1 aromatic heterocycles. The van der Waals surface area contributed by atoms with E-state index in [1.54, 1.807) is 16.8 Å². The molecule has 0 amide bonds. The smallest absolute Gasteiger partial charge is 0.362 e. The van der Waals surface area contributed by atoms with Gasteiger partial charge in [0.25, 0.3) is 0 Å². The molecule has 0 fully saturated rings. The fourth-order valence-electron chi connectivity index (χ4n) is 2.50. The van der Waals surface area contributed by atoms with Crippen LogP contribution in [0.5, 0.6) is 0 Å². The number of halogens is 3. The first-order valence-electron chi connectivity index (χ1n) is 7.67. The Morgan fingerprint density at radius 1 is 1.28 bits per heavy atom. The van der Waals surface area contributed by atoms with E-state index in [9.17, 15) is 13.2 Å². The number of hydrogen-bond donors (Lipinski definition) is 2. The molecule has 1 heterocycles. The van der Waals surface area contributed by atoms with E-state index in [-0.39, 0.29) is 0 Å². The third kappa shape index (κ3) is 4.60. The van der Waals surface area contributed by atoms with Crippen molar-refractivity contribution in [3.8, 4) is 5.69 Å². The number of thiocarbonyl (C=S) groups is 1. The van der Waals surface area contributed by atoms with E-state index in [4.69, 9.17) is 12.2 Å². The fraction of sp³-hybridized carbons (Fsp3) is 0.294. The molecular weight excluding hydrogens is 349 g/mol. The van der Waals surface area contributed by atoms with Crippen molar-refractivity contribution in [3.05, 3.63) is 52.8 Å². The second-order valence-electron chi connectivity index (χ2n) is 5.44. The number of rotatable bonds is 4. The summed E-state index contributed by atoms with van der Waals surface area (Å²) < 4.78 is 40.6. The van der Waals surface area contributed by atoms with Gasteiger partial charge in [0.2, 0.25) is 0 Å². The van der Waals surface area contributed by atoms with Gasteiger partial charge in [-0.1, -0.05) is 6.07 Å². The summed E-state index contributed by atoms with van der Waals surface area (Å²) in [6.07, 6.45) is -2.78. The van der Waals surface area contributed by atoms with Gasteiger partial charge < -0.3 is 9.88 Å². The van der Waals surface area contributed by atoms with Crippen LogP contribution in [-0.4, -0.2) is 22.4 Å². The summed E-state index contributed by atoms with van der Waals surface area (Å²) in [6.45, 7) is 6.27. The van der Waals surface area contributed by atoms with Crippen LogP contribution in [-0.2, 0) is 6.18 Å². The van der Waals surface area contributed by atoms with E-state index in [1.807, 2.05) is 26.8 Å². The lowest BCUT2D eigenvalue weighted by atomic mass is 10.2. The summed E-state index contributed by atoms with van der Waals surface area (Å²) in [5.74, 6) is 0. The zero-order chi connectivity index (χ0) is 18.6. The number of hydrazone groups is 1. The second-order valence-corrected chi connectivity index (χ2v) is 5.85. The van der Waals surface area contributed by atoms with E-state index in [0.717, 1.165) is 29.1 Å². The Morgan fingerprint density at radius 2 is 2.00 bits per heavy atom. The molecule has 0 spiro atoms. The van der Waals surface area contributed by atoms with E-state index in [0.29, 0.717) is 17.3 Å². The van der Waals surface area contributed by atoms with Crippen LogP contribution in [0.15, 0.2) is 35.4 Å². The molecule has 2 aromatic rings. The van der Waals surface area contributed by atoms with Crippen LogP contribution in [0.25, 0.3) is 5.69 Å². The van der Waals surface area contributed by atoms with Crippen molar-refractivity contribution in [2.24, 2.45) is 5.10 Å². The van der Waals surface area contributed by atoms with Gasteiger partial charge in [-0.3, -0.25) is 5.43 Å². The standard InChI is InChI=1S/C17H19F3N4S/c1-4-21-16(25)23-22-10-13-8-11(2)24(12(13)3)15-7-5-6-14(9-15)17(18,19)20/h5-10H,4H2,1-3H3,(H2,21,23,25)/b22-10-. The van der Waals surface area contributed by atoms with Gasteiger partial charge in [-0.25, -0.2) is 0 Å². The molecule has 4 nitrogen and oxygen atoms in total. The van der Waals surface area contributed by atoms with Crippen LogP contribution < -0.4 is 10.7 Å². The van der Waals surface area contributed by atoms with E-state index in [1.165, 1.54) is 6.07 Å². The largest absolute Gasteiger partial charge is 0.416 e. The van der Waals surface area contributed by atoms with Crippen molar-refractivity contribution in [2.75, 3.05) is 6.54 Å². The highest BCUT2D eigenvalue weighted by Crippen LogP contribution is 2.31. The van der Waals surface area contributed by atoms with Crippen LogP contribution in [0, 0.1) is 13.8 Å². The monoisotopic (exact) mass is 368 g/mol. The first-order chi connectivity index (χ1) is 11.7. The number of nitrogens with one attached hydrogen (secondary N) is 2. The van der Waals surface area contributed by atoms with Crippen molar-refractivity contribution in [2.45, 2.75) is 26.9 Å². The summed E-state index contributed by atoms with van der Waals surface area (Å²) in [5, 5.41) is 7.37. The van der Waals surface area contributed by atoms with Crippen LogP contribution in [0.2, 0.25) is 0 Å². The maximum Gasteiger partial charge on any atom is 0.416 e. The molecule has 0 atom stereocenters. The highest BCUT2D eigenvalue weighted by Gasteiger charge is 2.30. The molecule has 0 aliphatic heterocycles. The quantitative estimate of drug-likeness (QED) is 0.488.